The lowest BCUT2D eigenvalue weighted by Crippen LogP contribution is -2.48. The average molecular weight is 250 g/mol. The van der Waals surface area contributed by atoms with E-state index in [1.807, 2.05) is 28.9 Å². The Morgan fingerprint density at radius 2 is 2.28 bits per heavy atom. The number of aryl methyl sites for hydroxylation is 1. The summed E-state index contributed by atoms with van der Waals surface area (Å²) in [6.07, 6.45) is 6.14. The monoisotopic (exact) mass is 250 g/mol. The number of carbonyl (C=O) groups is 1. The van der Waals surface area contributed by atoms with Gasteiger partial charge in [-0.15, -0.1) is 0 Å². The molecule has 5 nitrogen and oxygen atoms in total. The van der Waals surface area contributed by atoms with E-state index in [1.165, 1.54) is 0 Å². The largest absolute Gasteiger partial charge is 0.334 e. The van der Waals surface area contributed by atoms with E-state index in [0.717, 1.165) is 31.5 Å². The van der Waals surface area contributed by atoms with Gasteiger partial charge in [-0.25, -0.2) is 0 Å². The number of rotatable bonds is 4. The molecule has 0 bridgehead atoms. The Balaban J connectivity index is 2.26. The summed E-state index contributed by atoms with van der Waals surface area (Å²) in [5.41, 5.74) is 7.27. The van der Waals surface area contributed by atoms with Gasteiger partial charge < -0.3 is 10.6 Å². The summed E-state index contributed by atoms with van der Waals surface area (Å²) < 4.78 is 1.88. The molecule has 2 unspecified atom stereocenters. The van der Waals surface area contributed by atoms with Gasteiger partial charge in [0.25, 0.3) is 0 Å². The average Bonchev–Trinajstić information content (AvgIpc) is 2.83. The number of carbonyl (C=O) groups excluding carboxylic acids is 1. The van der Waals surface area contributed by atoms with Crippen molar-refractivity contribution in [1.82, 2.24) is 14.7 Å². The number of hydrogen-bond acceptors (Lipinski definition) is 3. The van der Waals surface area contributed by atoms with Crippen LogP contribution in [0.25, 0.3) is 0 Å². The molecule has 0 aliphatic carbocycles. The minimum atomic E-state index is -0.00787. The van der Waals surface area contributed by atoms with Gasteiger partial charge in [-0.2, -0.15) is 5.10 Å². The van der Waals surface area contributed by atoms with Crippen LogP contribution in [0.2, 0.25) is 0 Å². The van der Waals surface area contributed by atoms with E-state index in [1.54, 1.807) is 0 Å². The smallest absolute Gasteiger partial charge is 0.223 e. The molecule has 2 atom stereocenters. The Bertz CT molecular complexity index is 415. The van der Waals surface area contributed by atoms with Crippen LogP contribution in [-0.4, -0.2) is 33.2 Å². The fourth-order valence-corrected chi connectivity index (χ4v) is 2.61. The first kappa shape index (κ1) is 13.1. The van der Waals surface area contributed by atoms with Crippen molar-refractivity contribution in [2.75, 3.05) is 6.54 Å². The van der Waals surface area contributed by atoms with E-state index in [0.29, 0.717) is 6.42 Å². The standard InChI is InChI=1S/C13H22N4O/c1-3-7-17-12(18)6-5-11(14)13(17)10-8-15-16(4-2)9-10/h8-9,11,13H,3-7,14H2,1-2H3. The molecular formula is C13H22N4O. The number of amides is 1. The highest BCUT2D eigenvalue weighted by atomic mass is 16.2. The lowest BCUT2D eigenvalue weighted by atomic mass is 9.92. The predicted molar refractivity (Wildman–Crippen MR) is 69.9 cm³/mol. The Labute approximate surface area is 108 Å². The van der Waals surface area contributed by atoms with Gasteiger partial charge in [0.1, 0.15) is 0 Å². The molecule has 1 aliphatic heterocycles. The molecule has 1 saturated heterocycles. The SMILES string of the molecule is CCCN1C(=O)CCC(N)C1c1cnn(CC)c1. The van der Waals surface area contributed by atoms with Gasteiger partial charge in [-0.3, -0.25) is 9.48 Å². The molecule has 2 heterocycles. The van der Waals surface area contributed by atoms with Crippen LogP contribution in [0.3, 0.4) is 0 Å². The normalized spacial score (nSPS) is 24.6. The van der Waals surface area contributed by atoms with Crippen LogP contribution in [0.4, 0.5) is 0 Å². The predicted octanol–water partition coefficient (Wildman–Crippen LogP) is 1.30. The summed E-state index contributed by atoms with van der Waals surface area (Å²) in [6.45, 7) is 5.74. The highest BCUT2D eigenvalue weighted by Crippen LogP contribution is 2.30. The number of nitrogens with two attached hydrogens (primary N) is 1. The maximum atomic E-state index is 12.0. The molecular weight excluding hydrogens is 228 g/mol. The number of likely N-dealkylation sites (tertiary alicyclic amines) is 1. The molecule has 5 heteroatoms. The van der Waals surface area contributed by atoms with Gasteiger partial charge in [-0.1, -0.05) is 6.92 Å². The van der Waals surface area contributed by atoms with Crippen molar-refractivity contribution >= 4 is 5.91 Å². The van der Waals surface area contributed by atoms with Crippen molar-refractivity contribution in [3.63, 3.8) is 0 Å². The van der Waals surface area contributed by atoms with Crippen molar-refractivity contribution in [3.05, 3.63) is 18.0 Å². The first-order valence-corrected chi connectivity index (χ1v) is 6.74. The third-order valence-electron chi connectivity index (χ3n) is 3.54. The molecule has 0 aromatic carbocycles. The summed E-state index contributed by atoms with van der Waals surface area (Å²) >= 11 is 0. The van der Waals surface area contributed by atoms with Crippen molar-refractivity contribution in [1.29, 1.82) is 0 Å². The Morgan fingerprint density at radius 3 is 2.89 bits per heavy atom. The lowest BCUT2D eigenvalue weighted by molar-refractivity contribution is -0.137. The molecule has 1 aromatic rings. The van der Waals surface area contributed by atoms with Gasteiger partial charge in [-0.05, 0) is 19.8 Å². The zero-order valence-corrected chi connectivity index (χ0v) is 11.2. The van der Waals surface area contributed by atoms with E-state index in [-0.39, 0.29) is 18.0 Å². The second-order valence-electron chi connectivity index (χ2n) is 4.86. The third-order valence-corrected chi connectivity index (χ3v) is 3.54. The van der Waals surface area contributed by atoms with Gasteiger partial charge >= 0.3 is 0 Å². The Kier molecular flexibility index (Phi) is 4.01. The van der Waals surface area contributed by atoms with Crippen LogP contribution in [0.5, 0.6) is 0 Å². The maximum Gasteiger partial charge on any atom is 0.223 e. The fraction of sp³-hybridized carbons (Fsp3) is 0.692. The van der Waals surface area contributed by atoms with Gasteiger partial charge in [0.15, 0.2) is 0 Å². The summed E-state index contributed by atoms with van der Waals surface area (Å²) in [4.78, 5) is 14.0. The number of hydrogen-bond donors (Lipinski definition) is 1. The molecule has 2 rings (SSSR count). The Hall–Kier alpha value is -1.36. The van der Waals surface area contributed by atoms with Crippen LogP contribution in [0.15, 0.2) is 12.4 Å². The highest BCUT2D eigenvalue weighted by molar-refractivity contribution is 5.77. The quantitative estimate of drug-likeness (QED) is 0.876. The minimum absolute atomic E-state index is 0.00787. The summed E-state index contributed by atoms with van der Waals surface area (Å²) in [6, 6.07) is 0.00950. The molecule has 0 spiro atoms. The Morgan fingerprint density at radius 1 is 1.50 bits per heavy atom. The van der Waals surface area contributed by atoms with E-state index >= 15 is 0 Å². The van der Waals surface area contributed by atoms with Crippen molar-refractivity contribution in [2.24, 2.45) is 5.73 Å². The molecule has 18 heavy (non-hydrogen) atoms. The van der Waals surface area contributed by atoms with Gasteiger partial charge in [0.05, 0.1) is 12.2 Å². The topological polar surface area (TPSA) is 64.2 Å². The van der Waals surface area contributed by atoms with E-state index in [4.69, 9.17) is 5.73 Å². The van der Waals surface area contributed by atoms with Crippen molar-refractivity contribution in [3.8, 4) is 0 Å². The summed E-state index contributed by atoms with van der Waals surface area (Å²) in [5, 5.41) is 4.29. The molecule has 1 amide bonds. The molecule has 2 N–H and O–H groups in total. The minimum Gasteiger partial charge on any atom is -0.334 e. The first-order chi connectivity index (χ1) is 8.67. The molecule has 100 valence electrons. The molecule has 0 saturated carbocycles. The molecule has 1 fully saturated rings. The van der Waals surface area contributed by atoms with E-state index in [2.05, 4.69) is 12.0 Å². The molecule has 0 radical (unpaired) electrons. The molecule has 1 aliphatic rings. The second-order valence-corrected chi connectivity index (χ2v) is 4.86. The zero-order chi connectivity index (χ0) is 13.1. The second kappa shape index (κ2) is 5.52. The number of nitrogens with zero attached hydrogens (tertiary/aromatic N) is 3. The van der Waals surface area contributed by atoms with Gasteiger partial charge in [0.2, 0.25) is 5.91 Å². The first-order valence-electron chi connectivity index (χ1n) is 6.74. The van der Waals surface area contributed by atoms with Crippen LogP contribution in [-0.2, 0) is 11.3 Å². The van der Waals surface area contributed by atoms with Crippen LogP contribution in [0, 0.1) is 0 Å². The van der Waals surface area contributed by atoms with Crippen molar-refractivity contribution in [2.45, 2.75) is 51.7 Å². The van der Waals surface area contributed by atoms with Crippen LogP contribution in [0.1, 0.15) is 44.7 Å². The van der Waals surface area contributed by atoms with Crippen LogP contribution < -0.4 is 5.73 Å². The number of aromatic nitrogens is 2. The van der Waals surface area contributed by atoms with Crippen LogP contribution >= 0.6 is 0 Å². The van der Waals surface area contributed by atoms with E-state index < -0.39 is 0 Å². The maximum absolute atomic E-state index is 12.0. The number of piperidine rings is 1. The van der Waals surface area contributed by atoms with Gasteiger partial charge in [0, 0.05) is 37.3 Å². The van der Waals surface area contributed by atoms with E-state index in [9.17, 15) is 4.79 Å². The summed E-state index contributed by atoms with van der Waals surface area (Å²) in [7, 11) is 0. The fourth-order valence-electron chi connectivity index (χ4n) is 2.61. The highest BCUT2D eigenvalue weighted by Gasteiger charge is 2.34. The lowest BCUT2D eigenvalue weighted by Gasteiger charge is -2.39. The third kappa shape index (κ3) is 2.41. The summed E-state index contributed by atoms with van der Waals surface area (Å²) in [5.74, 6) is 0.216. The van der Waals surface area contributed by atoms with Crippen molar-refractivity contribution < 1.29 is 4.79 Å². The molecule has 1 aromatic heterocycles. The zero-order valence-electron chi connectivity index (χ0n) is 11.2.